The largest absolute Gasteiger partial charge is 0.482 e. The summed E-state index contributed by atoms with van der Waals surface area (Å²) in [5.74, 6) is -0.170. The molecule has 144 valence electrons. The van der Waals surface area contributed by atoms with Crippen molar-refractivity contribution in [3.05, 3.63) is 58.1 Å². The smallest absolute Gasteiger partial charge is 0.344 e. The average molecular weight is 390 g/mol. The van der Waals surface area contributed by atoms with E-state index < -0.39 is 18.5 Å². The third-order valence-electron chi connectivity index (χ3n) is 3.95. The van der Waals surface area contributed by atoms with E-state index in [0.29, 0.717) is 16.5 Å². The molecule has 2 aromatic carbocycles. The number of ether oxygens (including phenoxy) is 2. The summed E-state index contributed by atoms with van der Waals surface area (Å²) in [7, 11) is 0. The minimum atomic E-state index is -0.615. The number of anilines is 1. The molecule has 0 unspecified atom stereocenters. The summed E-state index contributed by atoms with van der Waals surface area (Å²) in [5.41, 5.74) is 3.37. The average Bonchev–Trinajstić information content (AvgIpc) is 2.61. The summed E-state index contributed by atoms with van der Waals surface area (Å²) >= 11 is 6.16. The lowest BCUT2D eigenvalue weighted by molar-refractivity contribution is -0.149. The second kappa shape index (κ2) is 9.42. The van der Waals surface area contributed by atoms with E-state index in [-0.39, 0.29) is 12.5 Å². The molecule has 5 nitrogen and oxygen atoms in total. The molecular formula is C21H24ClNO4. The molecule has 0 saturated carbocycles. The van der Waals surface area contributed by atoms with Crippen molar-refractivity contribution in [2.75, 3.05) is 18.5 Å². The Morgan fingerprint density at radius 1 is 1.11 bits per heavy atom. The summed E-state index contributed by atoms with van der Waals surface area (Å²) in [6.45, 7) is 7.19. The van der Waals surface area contributed by atoms with Gasteiger partial charge in [-0.2, -0.15) is 0 Å². The molecule has 0 aliphatic carbocycles. The lowest BCUT2D eigenvalue weighted by Crippen LogP contribution is -2.24. The molecule has 1 amide bonds. The number of amides is 1. The first-order valence-corrected chi connectivity index (χ1v) is 9.09. The van der Waals surface area contributed by atoms with Crippen molar-refractivity contribution in [3.63, 3.8) is 0 Å². The van der Waals surface area contributed by atoms with Gasteiger partial charge in [0.05, 0.1) is 10.7 Å². The Morgan fingerprint density at radius 2 is 1.81 bits per heavy atom. The summed E-state index contributed by atoms with van der Waals surface area (Å²) < 4.78 is 10.5. The molecule has 0 heterocycles. The van der Waals surface area contributed by atoms with Crippen LogP contribution in [-0.4, -0.2) is 25.1 Å². The lowest BCUT2D eigenvalue weighted by Gasteiger charge is -2.14. The van der Waals surface area contributed by atoms with Crippen molar-refractivity contribution in [1.29, 1.82) is 0 Å². The van der Waals surface area contributed by atoms with Crippen LogP contribution in [0.1, 0.15) is 36.5 Å². The lowest BCUT2D eigenvalue weighted by atomic mass is 10.0. The van der Waals surface area contributed by atoms with Crippen molar-refractivity contribution < 1.29 is 19.1 Å². The second-order valence-corrected chi connectivity index (χ2v) is 7.04. The van der Waals surface area contributed by atoms with E-state index in [2.05, 4.69) is 5.32 Å². The van der Waals surface area contributed by atoms with E-state index in [0.717, 1.165) is 16.7 Å². The number of hydrogen-bond donors (Lipinski definition) is 1. The molecule has 0 aliphatic rings. The summed E-state index contributed by atoms with van der Waals surface area (Å²) in [4.78, 5) is 23.9. The Morgan fingerprint density at radius 3 is 2.48 bits per heavy atom. The number of nitrogens with one attached hydrogen (secondary N) is 1. The SMILES string of the molecule is Cc1cc(C)c(NC(=O)COC(=O)COc2ccccc2C(C)C)c(Cl)c1. The van der Waals surface area contributed by atoms with Crippen LogP contribution < -0.4 is 10.1 Å². The van der Waals surface area contributed by atoms with Gasteiger partial charge in [0.15, 0.2) is 13.2 Å². The number of para-hydroxylation sites is 1. The third-order valence-corrected chi connectivity index (χ3v) is 4.25. The number of hydrogen-bond acceptors (Lipinski definition) is 4. The number of aryl methyl sites for hydroxylation is 2. The van der Waals surface area contributed by atoms with Crippen molar-refractivity contribution >= 4 is 29.2 Å². The van der Waals surface area contributed by atoms with E-state index in [1.807, 2.05) is 52.0 Å². The summed E-state index contributed by atoms with van der Waals surface area (Å²) in [5, 5.41) is 3.12. The molecule has 2 aromatic rings. The Labute approximate surface area is 164 Å². The minimum Gasteiger partial charge on any atom is -0.482 e. The minimum absolute atomic E-state index is 0.263. The van der Waals surface area contributed by atoms with E-state index in [1.165, 1.54) is 0 Å². The molecule has 0 aromatic heterocycles. The van der Waals surface area contributed by atoms with Gasteiger partial charge in [0.25, 0.3) is 5.91 Å². The highest BCUT2D eigenvalue weighted by molar-refractivity contribution is 6.34. The van der Waals surface area contributed by atoms with Crippen molar-refractivity contribution in [2.24, 2.45) is 0 Å². The zero-order valence-corrected chi connectivity index (χ0v) is 16.7. The van der Waals surface area contributed by atoms with Crippen LogP contribution in [-0.2, 0) is 14.3 Å². The quantitative estimate of drug-likeness (QED) is 0.700. The van der Waals surface area contributed by atoms with Crippen LogP contribution >= 0.6 is 11.6 Å². The molecular weight excluding hydrogens is 366 g/mol. The van der Waals surface area contributed by atoms with Crippen LogP contribution in [0, 0.1) is 13.8 Å². The maximum absolute atomic E-state index is 12.0. The van der Waals surface area contributed by atoms with Crippen LogP contribution in [0.4, 0.5) is 5.69 Å². The molecule has 0 bridgehead atoms. The number of halogens is 1. The molecule has 6 heteroatoms. The van der Waals surface area contributed by atoms with Gasteiger partial charge in [0.2, 0.25) is 0 Å². The number of carbonyl (C=O) groups is 2. The monoisotopic (exact) mass is 389 g/mol. The van der Waals surface area contributed by atoms with Gasteiger partial charge in [-0.05, 0) is 48.6 Å². The standard InChI is InChI=1S/C21H24ClNO4/c1-13(2)16-7-5-6-8-18(16)26-12-20(25)27-11-19(24)23-21-15(4)9-14(3)10-17(21)22/h5-10,13H,11-12H2,1-4H3,(H,23,24). The third kappa shape index (κ3) is 6.00. The fraction of sp³-hybridized carbons (Fsp3) is 0.333. The summed E-state index contributed by atoms with van der Waals surface area (Å²) in [6, 6.07) is 11.2. The molecule has 0 atom stereocenters. The Hall–Kier alpha value is -2.53. The van der Waals surface area contributed by atoms with Crippen LogP contribution in [0.25, 0.3) is 0 Å². The molecule has 0 fully saturated rings. The van der Waals surface area contributed by atoms with Gasteiger partial charge in [-0.15, -0.1) is 0 Å². The van der Waals surface area contributed by atoms with E-state index in [1.54, 1.807) is 12.1 Å². The van der Waals surface area contributed by atoms with Crippen LogP contribution in [0.5, 0.6) is 5.75 Å². The first kappa shape index (κ1) is 20.8. The zero-order chi connectivity index (χ0) is 20.0. The van der Waals surface area contributed by atoms with Gasteiger partial charge in [0, 0.05) is 0 Å². The van der Waals surface area contributed by atoms with Crippen LogP contribution in [0.2, 0.25) is 5.02 Å². The maximum Gasteiger partial charge on any atom is 0.344 e. The number of carbonyl (C=O) groups excluding carboxylic acids is 2. The molecule has 0 radical (unpaired) electrons. The second-order valence-electron chi connectivity index (χ2n) is 6.63. The van der Waals surface area contributed by atoms with Gasteiger partial charge in [0.1, 0.15) is 5.75 Å². The Balaban J connectivity index is 1.85. The van der Waals surface area contributed by atoms with E-state index in [9.17, 15) is 9.59 Å². The first-order valence-electron chi connectivity index (χ1n) is 8.72. The molecule has 27 heavy (non-hydrogen) atoms. The number of benzene rings is 2. The molecule has 0 spiro atoms. The van der Waals surface area contributed by atoms with Gasteiger partial charge in [-0.1, -0.05) is 49.7 Å². The predicted octanol–water partition coefficient (Wildman–Crippen LogP) is 4.64. The van der Waals surface area contributed by atoms with Gasteiger partial charge in [-0.3, -0.25) is 4.79 Å². The fourth-order valence-electron chi connectivity index (χ4n) is 2.66. The number of rotatable bonds is 7. The van der Waals surface area contributed by atoms with E-state index in [4.69, 9.17) is 21.1 Å². The van der Waals surface area contributed by atoms with Gasteiger partial charge >= 0.3 is 5.97 Å². The molecule has 0 aliphatic heterocycles. The van der Waals surface area contributed by atoms with Crippen LogP contribution in [0.15, 0.2) is 36.4 Å². The predicted molar refractivity (Wildman–Crippen MR) is 107 cm³/mol. The van der Waals surface area contributed by atoms with E-state index >= 15 is 0 Å². The van der Waals surface area contributed by atoms with Gasteiger partial charge < -0.3 is 14.8 Å². The fourth-order valence-corrected chi connectivity index (χ4v) is 3.03. The highest BCUT2D eigenvalue weighted by atomic mass is 35.5. The maximum atomic E-state index is 12.0. The van der Waals surface area contributed by atoms with Crippen molar-refractivity contribution in [1.82, 2.24) is 0 Å². The Bertz CT molecular complexity index is 810. The normalized spacial score (nSPS) is 10.6. The topological polar surface area (TPSA) is 64.6 Å². The van der Waals surface area contributed by atoms with Crippen molar-refractivity contribution in [3.8, 4) is 5.75 Å². The van der Waals surface area contributed by atoms with Crippen molar-refractivity contribution in [2.45, 2.75) is 33.6 Å². The molecule has 0 saturated heterocycles. The molecule has 2 rings (SSSR count). The zero-order valence-electron chi connectivity index (χ0n) is 16.0. The molecule has 1 N–H and O–H groups in total. The first-order chi connectivity index (χ1) is 12.8. The summed E-state index contributed by atoms with van der Waals surface area (Å²) in [6.07, 6.45) is 0. The highest BCUT2D eigenvalue weighted by Crippen LogP contribution is 2.27. The highest BCUT2D eigenvalue weighted by Gasteiger charge is 2.13. The Kier molecular flexibility index (Phi) is 7.25. The van der Waals surface area contributed by atoms with Gasteiger partial charge in [-0.25, -0.2) is 4.79 Å². The number of esters is 1. The van der Waals surface area contributed by atoms with Crippen LogP contribution in [0.3, 0.4) is 0 Å².